The summed E-state index contributed by atoms with van der Waals surface area (Å²) in [6.45, 7) is 12.1. The second-order valence-electron chi connectivity index (χ2n) is 9.61. The number of nitrogens with one attached hydrogen (secondary N) is 2. The maximum absolute atomic E-state index is 12.9. The zero-order chi connectivity index (χ0) is 19.0. The van der Waals surface area contributed by atoms with Crippen molar-refractivity contribution in [3.8, 4) is 0 Å². The Morgan fingerprint density at radius 3 is 2.44 bits per heavy atom. The molecular weight excluding hydrogens is 318 g/mol. The summed E-state index contributed by atoms with van der Waals surface area (Å²) in [6, 6.07) is -0.442. The summed E-state index contributed by atoms with van der Waals surface area (Å²) in [7, 11) is 0. The van der Waals surface area contributed by atoms with E-state index >= 15 is 0 Å². The molecule has 1 saturated carbocycles. The van der Waals surface area contributed by atoms with Crippen molar-refractivity contribution in [2.45, 2.75) is 84.7 Å². The summed E-state index contributed by atoms with van der Waals surface area (Å²) < 4.78 is 0. The Hall–Kier alpha value is -1.59. The standard InChI is InChI=1S/C19H33N3O3/c1-13-9-7-8-10-19(13)15(24)22(16(25)21-19)11-14(23)20-18(5,6)12-17(2,3)4/h13H,7-12H2,1-6H3,(H,20,23)(H,21,25)/t13-,19+/m0/s1. The van der Waals surface area contributed by atoms with Crippen molar-refractivity contribution in [2.75, 3.05) is 6.54 Å². The van der Waals surface area contributed by atoms with Gasteiger partial charge in [0.2, 0.25) is 5.91 Å². The highest BCUT2D eigenvalue weighted by Gasteiger charge is 2.55. The smallest absolute Gasteiger partial charge is 0.325 e. The van der Waals surface area contributed by atoms with Gasteiger partial charge in [0.05, 0.1) is 0 Å². The number of carbonyl (C=O) groups is 3. The first kappa shape index (κ1) is 19.7. The first-order chi connectivity index (χ1) is 11.4. The minimum atomic E-state index is -0.809. The van der Waals surface area contributed by atoms with E-state index in [0.717, 1.165) is 30.6 Å². The lowest BCUT2D eigenvalue weighted by Crippen LogP contribution is -2.54. The van der Waals surface area contributed by atoms with Crippen LogP contribution in [0.3, 0.4) is 0 Å². The van der Waals surface area contributed by atoms with Crippen molar-refractivity contribution in [1.82, 2.24) is 15.5 Å². The normalized spacial score (nSPS) is 27.6. The number of hydrogen-bond donors (Lipinski definition) is 2. The Balaban J connectivity index is 2.04. The van der Waals surface area contributed by atoms with Crippen LogP contribution in [0.1, 0.15) is 73.6 Å². The first-order valence-electron chi connectivity index (χ1n) is 9.31. The lowest BCUT2D eigenvalue weighted by atomic mass is 9.73. The molecule has 2 N–H and O–H groups in total. The van der Waals surface area contributed by atoms with E-state index < -0.39 is 17.1 Å². The maximum atomic E-state index is 12.9. The summed E-state index contributed by atoms with van der Waals surface area (Å²) in [4.78, 5) is 38.8. The van der Waals surface area contributed by atoms with Crippen LogP contribution in [0.4, 0.5) is 4.79 Å². The number of urea groups is 1. The average molecular weight is 351 g/mol. The first-order valence-corrected chi connectivity index (χ1v) is 9.31. The number of hydrogen-bond acceptors (Lipinski definition) is 3. The van der Waals surface area contributed by atoms with Crippen LogP contribution in [-0.4, -0.2) is 40.4 Å². The van der Waals surface area contributed by atoms with Gasteiger partial charge >= 0.3 is 6.03 Å². The molecule has 0 aromatic rings. The third kappa shape index (κ3) is 4.33. The third-order valence-corrected chi connectivity index (χ3v) is 5.25. The van der Waals surface area contributed by atoms with Crippen molar-refractivity contribution in [3.05, 3.63) is 0 Å². The van der Waals surface area contributed by atoms with Crippen molar-refractivity contribution < 1.29 is 14.4 Å². The fraction of sp³-hybridized carbons (Fsp3) is 0.842. The molecule has 0 aromatic carbocycles. The van der Waals surface area contributed by atoms with Gasteiger partial charge < -0.3 is 10.6 Å². The second-order valence-corrected chi connectivity index (χ2v) is 9.61. The van der Waals surface area contributed by atoms with Crippen LogP contribution in [0.25, 0.3) is 0 Å². The zero-order valence-electron chi connectivity index (χ0n) is 16.5. The Morgan fingerprint density at radius 1 is 1.24 bits per heavy atom. The molecule has 1 aliphatic carbocycles. The lowest BCUT2D eigenvalue weighted by Gasteiger charge is -2.37. The second kappa shape index (κ2) is 6.61. The van der Waals surface area contributed by atoms with Gasteiger partial charge in [-0.1, -0.05) is 40.5 Å². The molecule has 6 nitrogen and oxygen atoms in total. The van der Waals surface area contributed by atoms with E-state index in [9.17, 15) is 14.4 Å². The van der Waals surface area contributed by atoms with Crippen LogP contribution in [-0.2, 0) is 9.59 Å². The molecule has 6 heteroatoms. The molecule has 25 heavy (non-hydrogen) atoms. The van der Waals surface area contributed by atoms with E-state index in [4.69, 9.17) is 0 Å². The van der Waals surface area contributed by atoms with Gasteiger partial charge in [-0.3, -0.25) is 14.5 Å². The number of amides is 4. The summed E-state index contributed by atoms with van der Waals surface area (Å²) in [5.41, 5.74) is -1.14. The van der Waals surface area contributed by atoms with E-state index in [1.807, 2.05) is 20.8 Å². The van der Waals surface area contributed by atoms with E-state index in [-0.39, 0.29) is 29.7 Å². The topological polar surface area (TPSA) is 78.5 Å². The highest BCUT2D eigenvalue weighted by molar-refractivity contribution is 6.09. The van der Waals surface area contributed by atoms with Crippen LogP contribution in [0, 0.1) is 11.3 Å². The number of carbonyl (C=O) groups excluding carboxylic acids is 3. The SMILES string of the molecule is C[C@H]1CCCC[C@@]12NC(=O)N(CC(=O)NC(C)(C)CC(C)(C)C)C2=O. The van der Waals surface area contributed by atoms with E-state index in [2.05, 4.69) is 31.4 Å². The Labute approximate surface area is 151 Å². The predicted molar refractivity (Wildman–Crippen MR) is 96.9 cm³/mol. The number of rotatable bonds is 4. The molecule has 4 amide bonds. The minimum absolute atomic E-state index is 0.0687. The Morgan fingerprint density at radius 2 is 1.88 bits per heavy atom. The van der Waals surface area contributed by atoms with Gasteiger partial charge in [-0.25, -0.2) is 4.79 Å². The molecule has 0 radical (unpaired) electrons. The van der Waals surface area contributed by atoms with Gasteiger partial charge in [-0.15, -0.1) is 0 Å². The van der Waals surface area contributed by atoms with Crippen molar-refractivity contribution in [1.29, 1.82) is 0 Å². The summed E-state index contributed by atoms with van der Waals surface area (Å²) in [5.74, 6) is -0.435. The molecule has 0 aromatic heterocycles. The predicted octanol–water partition coefficient (Wildman–Crippen LogP) is 2.82. The third-order valence-electron chi connectivity index (χ3n) is 5.25. The van der Waals surface area contributed by atoms with Gasteiger partial charge in [0.25, 0.3) is 5.91 Å². The molecule has 2 aliphatic rings. The van der Waals surface area contributed by atoms with Crippen LogP contribution in [0.5, 0.6) is 0 Å². The van der Waals surface area contributed by atoms with Crippen molar-refractivity contribution in [3.63, 3.8) is 0 Å². The molecule has 2 rings (SSSR count). The van der Waals surface area contributed by atoms with Crippen LogP contribution in [0.2, 0.25) is 0 Å². The largest absolute Gasteiger partial charge is 0.350 e. The van der Waals surface area contributed by atoms with Gasteiger partial charge in [-0.05, 0) is 44.4 Å². The maximum Gasteiger partial charge on any atom is 0.325 e. The van der Waals surface area contributed by atoms with E-state index in [0.29, 0.717) is 6.42 Å². The highest BCUT2D eigenvalue weighted by atomic mass is 16.2. The number of imide groups is 1. The fourth-order valence-electron chi connectivity index (χ4n) is 4.57. The molecule has 1 saturated heterocycles. The summed E-state index contributed by atoms with van der Waals surface area (Å²) >= 11 is 0. The molecule has 0 unspecified atom stereocenters. The molecule has 142 valence electrons. The molecule has 1 aliphatic heterocycles. The van der Waals surface area contributed by atoms with Gasteiger partial charge in [-0.2, -0.15) is 0 Å². The van der Waals surface area contributed by atoms with Crippen LogP contribution >= 0.6 is 0 Å². The van der Waals surface area contributed by atoms with E-state index in [1.165, 1.54) is 0 Å². The summed E-state index contributed by atoms with van der Waals surface area (Å²) in [5, 5.41) is 5.85. The van der Waals surface area contributed by atoms with Gasteiger partial charge in [0.15, 0.2) is 0 Å². The zero-order valence-corrected chi connectivity index (χ0v) is 16.5. The van der Waals surface area contributed by atoms with Gasteiger partial charge in [0.1, 0.15) is 12.1 Å². The van der Waals surface area contributed by atoms with Gasteiger partial charge in [0, 0.05) is 5.54 Å². The van der Waals surface area contributed by atoms with Crippen LogP contribution < -0.4 is 10.6 Å². The van der Waals surface area contributed by atoms with Crippen LogP contribution in [0.15, 0.2) is 0 Å². The molecule has 1 spiro atoms. The summed E-state index contributed by atoms with van der Waals surface area (Å²) in [6.07, 6.45) is 4.38. The highest BCUT2D eigenvalue weighted by Crippen LogP contribution is 2.38. The Bertz CT molecular complexity index is 565. The lowest BCUT2D eigenvalue weighted by molar-refractivity contribution is -0.137. The Kier molecular flexibility index (Phi) is 5.22. The fourth-order valence-corrected chi connectivity index (χ4v) is 4.57. The molecule has 1 heterocycles. The van der Waals surface area contributed by atoms with E-state index in [1.54, 1.807) is 0 Å². The number of nitrogens with zero attached hydrogens (tertiary/aromatic N) is 1. The molecular formula is C19H33N3O3. The molecule has 2 fully saturated rings. The minimum Gasteiger partial charge on any atom is -0.350 e. The monoisotopic (exact) mass is 351 g/mol. The quantitative estimate of drug-likeness (QED) is 0.765. The van der Waals surface area contributed by atoms with Crippen molar-refractivity contribution in [2.24, 2.45) is 11.3 Å². The average Bonchev–Trinajstić information content (AvgIpc) is 2.64. The molecule has 0 bridgehead atoms. The van der Waals surface area contributed by atoms with Crippen molar-refractivity contribution >= 4 is 17.8 Å². The molecule has 2 atom stereocenters.